The number of carbonyl (C=O) groups is 2. The summed E-state index contributed by atoms with van der Waals surface area (Å²) < 4.78 is 19.4. The van der Waals surface area contributed by atoms with Crippen molar-refractivity contribution in [2.24, 2.45) is 17.3 Å². The van der Waals surface area contributed by atoms with E-state index in [0.717, 1.165) is 25.1 Å². The molecule has 39 heavy (non-hydrogen) atoms. The lowest BCUT2D eigenvalue weighted by Crippen LogP contribution is -2.84. The van der Waals surface area contributed by atoms with Gasteiger partial charge in [0.1, 0.15) is 11.7 Å². The van der Waals surface area contributed by atoms with Crippen LogP contribution in [0.5, 0.6) is 11.5 Å². The Morgan fingerprint density at radius 3 is 2.23 bits per heavy atom. The molecule has 2 aliphatic heterocycles. The maximum Gasteiger partial charge on any atom is 0.229 e. The van der Waals surface area contributed by atoms with Crippen LogP contribution in [-0.2, 0) is 26.2 Å². The number of amides is 2. The minimum Gasteiger partial charge on any atom is -0.493 e. The Bertz CT molecular complexity index is 1220. The molecule has 4 bridgehead atoms. The molecule has 0 N–H and O–H groups in total. The van der Waals surface area contributed by atoms with Crippen LogP contribution < -0.4 is 9.47 Å². The fraction of sp³-hybridized carbons (Fsp3) is 0.677. The topological polar surface area (TPSA) is 71.6 Å². The smallest absolute Gasteiger partial charge is 0.229 e. The number of piperidine rings is 1. The van der Waals surface area contributed by atoms with E-state index >= 15 is 0 Å². The molecular weight excluding hydrogens is 494 g/mol. The molecule has 4 aliphatic carbocycles. The predicted octanol–water partition coefficient (Wildman–Crippen LogP) is 2.88. The fourth-order valence-electron chi connectivity index (χ4n) is 9.44. The summed E-state index contributed by atoms with van der Waals surface area (Å²) in [6.07, 6.45) is 5.56. The molecule has 0 aromatic heterocycles. The van der Waals surface area contributed by atoms with Crippen LogP contribution >= 0.6 is 0 Å². The number of likely N-dealkylation sites (tertiary alicyclic amines) is 1. The monoisotopic (exact) mass is 537 g/mol. The van der Waals surface area contributed by atoms with Crippen molar-refractivity contribution in [2.75, 3.05) is 54.0 Å². The standard InChI is InChI=1S/C31H43N3O5/c1-8-33(9-2)26(35)23-24(27(36)34(10-3)11-4)31(38-7)15-14-29(23)21-18-19-12-13-20(37-6)25-22(19)30(29,28(31)39-25)16-17-32(21)5/h12-15,21,23-24,28H,8-11,16-18H2,1-7H3. The largest absolute Gasteiger partial charge is 0.493 e. The number of methoxy groups -OCH3 is 2. The van der Waals surface area contributed by atoms with Crippen molar-refractivity contribution in [3.8, 4) is 11.5 Å². The third kappa shape index (κ3) is 2.87. The van der Waals surface area contributed by atoms with Gasteiger partial charge in [-0.05, 0) is 65.8 Å². The molecular formula is C31H43N3O5. The minimum atomic E-state index is -1.09. The molecule has 0 radical (unpaired) electrons. The van der Waals surface area contributed by atoms with Crippen LogP contribution in [0.4, 0.5) is 0 Å². The Kier molecular flexibility index (Phi) is 6.12. The molecule has 8 heteroatoms. The first-order chi connectivity index (χ1) is 18.8. The minimum absolute atomic E-state index is 0.0241. The van der Waals surface area contributed by atoms with Crippen molar-refractivity contribution < 1.29 is 23.8 Å². The molecule has 7 unspecified atom stereocenters. The van der Waals surface area contributed by atoms with Crippen LogP contribution in [0, 0.1) is 17.3 Å². The molecule has 2 spiro atoms. The average Bonchev–Trinajstić information content (AvgIpc) is 3.32. The lowest BCUT2D eigenvalue weighted by atomic mass is 9.33. The van der Waals surface area contributed by atoms with E-state index in [1.54, 1.807) is 14.2 Å². The highest BCUT2D eigenvalue weighted by atomic mass is 16.6. The first-order valence-electron chi connectivity index (χ1n) is 14.7. The predicted molar refractivity (Wildman–Crippen MR) is 148 cm³/mol. The van der Waals surface area contributed by atoms with Gasteiger partial charge in [0.05, 0.1) is 24.4 Å². The van der Waals surface area contributed by atoms with Crippen molar-refractivity contribution in [2.45, 2.75) is 63.7 Å². The lowest BCUT2D eigenvalue weighted by Gasteiger charge is -2.73. The van der Waals surface area contributed by atoms with E-state index < -0.39 is 34.4 Å². The maximum absolute atomic E-state index is 14.8. The van der Waals surface area contributed by atoms with Crippen molar-refractivity contribution in [3.63, 3.8) is 0 Å². The number of hydrogen-bond donors (Lipinski definition) is 0. The fourth-order valence-corrected chi connectivity index (χ4v) is 9.44. The Hall–Kier alpha value is -2.58. The third-order valence-corrected chi connectivity index (χ3v) is 11.1. The second-order valence-corrected chi connectivity index (χ2v) is 11.9. The van der Waals surface area contributed by atoms with E-state index in [9.17, 15) is 9.59 Å². The summed E-state index contributed by atoms with van der Waals surface area (Å²) in [7, 11) is 5.53. The highest BCUT2D eigenvalue weighted by molar-refractivity contribution is 5.92. The second kappa shape index (κ2) is 8.96. The van der Waals surface area contributed by atoms with Gasteiger partial charge in [-0.2, -0.15) is 0 Å². The molecule has 1 saturated carbocycles. The van der Waals surface area contributed by atoms with Gasteiger partial charge in [0.25, 0.3) is 0 Å². The number of likely N-dealkylation sites (N-methyl/N-ethyl adjacent to an activating group) is 1. The molecule has 1 aromatic rings. The Labute approximate surface area is 232 Å². The van der Waals surface area contributed by atoms with Crippen molar-refractivity contribution >= 4 is 11.8 Å². The molecule has 6 aliphatic rings. The lowest BCUT2D eigenvalue weighted by molar-refractivity contribution is -0.242. The van der Waals surface area contributed by atoms with E-state index in [1.165, 1.54) is 11.1 Å². The summed E-state index contributed by atoms with van der Waals surface area (Å²) in [5, 5.41) is 0. The third-order valence-electron chi connectivity index (χ3n) is 11.1. The van der Waals surface area contributed by atoms with Gasteiger partial charge in [-0.15, -0.1) is 0 Å². The van der Waals surface area contributed by atoms with Gasteiger partial charge in [0, 0.05) is 50.3 Å². The molecule has 212 valence electrons. The highest BCUT2D eigenvalue weighted by Gasteiger charge is 2.84. The van der Waals surface area contributed by atoms with E-state index in [4.69, 9.17) is 14.2 Å². The molecule has 2 fully saturated rings. The Morgan fingerprint density at radius 2 is 1.64 bits per heavy atom. The number of carbonyl (C=O) groups excluding carboxylic acids is 2. The van der Waals surface area contributed by atoms with Crippen LogP contribution in [0.2, 0.25) is 0 Å². The van der Waals surface area contributed by atoms with E-state index in [1.807, 2.05) is 43.6 Å². The van der Waals surface area contributed by atoms with Gasteiger partial charge in [0.2, 0.25) is 11.8 Å². The van der Waals surface area contributed by atoms with Crippen LogP contribution in [-0.4, -0.2) is 98.3 Å². The van der Waals surface area contributed by atoms with Crippen molar-refractivity contribution in [1.82, 2.24) is 14.7 Å². The Morgan fingerprint density at radius 1 is 1.00 bits per heavy atom. The first kappa shape index (κ1) is 26.6. The molecule has 2 heterocycles. The molecule has 2 amide bonds. The molecule has 1 saturated heterocycles. The maximum atomic E-state index is 14.8. The molecule has 7 rings (SSSR count). The number of ether oxygens (including phenoxy) is 3. The number of hydrogen-bond acceptors (Lipinski definition) is 6. The number of nitrogens with zero attached hydrogens (tertiary/aromatic N) is 3. The van der Waals surface area contributed by atoms with Crippen LogP contribution in [0.25, 0.3) is 0 Å². The number of fused-ring (bicyclic) bond motifs is 1. The summed E-state index contributed by atoms with van der Waals surface area (Å²) in [5.41, 5.74) is 0.216. The highest BCUT2D eigenvalue weighted by Crippen LogP contribution is 2.76. The van der Waals surface area contributed by atoms with Crippen molar-refractivity contribution in [3.05, 3.63) is 35.4 Å². The van der Waals surface area contributed by atoms with Gasteiger partial charge in [-0.3, -0.25) is 9.59 Å². The summed E-state index contributed by atoms with van der Waals surface area (Å²) in [4.78, 5) is 35.7. The van der Waals surface area contributed by atoms with Crippen LogP contribution in [0.1, 0.15) is 45.2 Å². The van der Waals surface area contributed by atoms with Crippen LogP contribution in [0.15, 0.2) is 24.3 Å². The number of rotatable bonds is 8. The summed E-state index contributed by atoms with van der Waals surface area (Å²) in [5.74, 6) is 0.220. The molecule has 8 nitrogen and oxygen atoms in total. The molecule has 7 atom stereocenters. The number of benzene rings is 1. The second-order valence-electron chi connectivity index (χ2n) is 11.9. The van der Waals surface area contributed by atoms with Gasteiger partial charge >= 0.3 is 0 Å². The van der Waals surface area contributed by atoms with Gasteiger partial charge in [-0.25, -0.2) is 0 Å². The summed E-state index contributed by atoms with van der Waals surface area (Å²) in [6, 6.07) is 4.23. The quantitative estimate of drug-likeness (QED) is 0.475. The van der Waals surface area contributed by atoms with E-state index in [2.05, 4.69) is 30.2 Å². The zero-order valence-corrected chi connectivity index (χ0v) is 24.5. The SMILES string of the molecule is CCN(CC)C(=O)C1C(C(=O)N(CC)CC)C23C=CC1(OC)C1Oc4c(OC)ccc5c4C12CCN(C)C3C5. The van der Waals surface area contributed by atoms with Gasteiger partial charge in [-0.1, -0.05) is 18.2 Å². The van der Waals surface area contributed by atoms with Gasteiger partial charge < -0.3 is 28.9 Å². The first-order valence-corrected chi connectivity index (χ1v) is 14.7. The summed E-state index contributed by atoms with van der Waals surface area (Å²) in [6.45, 7) is 11.3. The summed E-state index contributed by atoms with van der Waals surface area (Å²) >= 11 is 0. The van der Waals surface area contributed by atoms with Crippen molar-refractivity contribution in [1.29, 1.82) is 0 Å². The van der Waals surface area contributed by atoms with Crippen LogP contribution in [0.3, 0.4) is 0 Å². The molecule has 1 aromatic carbocycles. The zero-order valence-electron chi connectivity index (χ0n) is 24.5. The average molecular weight is 538 g/mol. The zero-order chi connectivity index (χ0) is 27.9. The van der Waals surface area contributed by atoms with Gasteiger partial charge in [0.15, 0.2) is 11.5 Å². The normalized spacial score (nSPS) is 36.8. The van der Waals surface area contributed by atoms with E-state index in [-0.39, 0.29) is 17.9 Å². The Balaban J connectivity index is 1.71. The van der Waals surface area contributed by atoms with E-state index in [0.29, 0.717) is 31.9 Å².